The standard InChI is InChI=1S/C70H50N4O/c1-70(2,3)48-40-41-71-66(42-48)74-64-35-17-16-32-59(64)60-37-36-51(44-65(60)74)75-50-25-18-24-49(43-50)72-45-73-67-53(47-22-8-5-9-23-47)33-19-34-61(67)57-30-14-12-28-55(57)56-29-13-15-31-58(56)63-39-38-62(68(72)69(63)73)54-27-11-10-26-52(54)46-20-6-4-7-21-46/h4-44H,1-3H3. The summed E-state index contributed by atoms with van der Waals surface area (Å²) in [5, 5.41) is 2.30. The maximum absolute atomic E-state index is 6.99. The molecule has 14 rings (SSSR count). The van der Waals surface area contributed by atoms with Crippen LogP contribution >= 0.6 is 0 Å². The van der Waals surface area contributed by atoms with Crippen LogP contribution < -0.4 is 9.30 Å². The van der Waals surface area contributed by atoms with Gasteiger partial charge in [-0.2, -0.15) is 0 Å². The molecule has 356 valence electrons. The largest absolute Gasteiger partial charge is 0.458 e. The lowest BCUT2D eigenvalue weighted by Crippen LogP contribution is -2.32. The molecule has 0 radical (unpaired) electrons. The molecule has 3 aromatic heterocycles. The summed E-state index contributed by atoms with van der Waals surface area (Å²) in [4.78, 5) is 4.94. The van der Waals surface area contributed by atoms with Crippen LogP contribution in [0.2, 0.25) is 0 Å². The van der Waals surface area contributed by atoms with Gasteiger partial charge in [-0.05, 0) is 126 Å². The Morgan fingerprint density at radius 2 is 0.973 bits per heavy atom. The van der Waals surface area contributed by atoms with Gasteiger partial charge in [0.1, 0.15) is 17.3 Å². The summed E-state index contributed by atoms with van der Waals surface area (Å²) in [7, 11) is 0. The van der Waals surface area contributed by atoms with Crippen LogP contribution in [0.1, 0.15) is 26.3 Å². The molecule has 1 aliphatic rings. The highest BCUT2D eigenvalue weighted by Gasteiger charge is 2.29. The van der Waals surface area contributed by atoms with Crippen LogP contribution in [0, 0.1) is 6.33 Å². The summed E-state index contributed by atoms with van der Waals surface area (Å²) in [5.41, 5.74) is 21.0. The van der Waals surface area contributed by atoms with E-state index in [1.54, 1.807) is 0 Å². The van der Waals surface area contributed by atoms with Crippen LogP contribution in [0.4, 0.5) is 0 Å². The first-order chi connectivity index (χ1) is 36.9. The summed E-state index contributed by atoms with van der Waals surface area (Å²) < 4.78 is 13.9. The molecule has 5 nitrogen and oxygen atoms in total. The molecule has 0 spiro atoms. The van der Waals surface area contributed by atoms with Crippen molar-refractivity contribution in [1.82, 2.24) is 14.1 Å². The Balaban J connectivity index is 1.02. The van der Waals surface area contributed by atoms with E-state index in [0.29, 0.717) is 5.75 Å². The van der Waals surface area contributed by atoms with E-state index in [0.717, 1.165) is 106 Å². The zero-order chi connectivity index (χ0) is 50.2. The van der Waals surface area contributed by atoms with Crippen molar-refractivity contribution < 1.29 is 9.30 Å². The van der Waals surface area contributed by atoms with Crippen LogP contribution in [-0.2, 0) is 5.41 Å². The highest BCUT2D eigenvalue weighted by atomic mass is 16.5. The Morgan fingerprint density at radius 3 is 1.69 bits per heavy atom. The fourth-order valence-corrected chi connectivity index (χ4v) is 11.5. The second-order valence-corrected chi connectivity index (χ2v) is 20.5. The lowest BCUT2D eigenvalue weighted by molar-refractivity contribution is -0.570. The Bertz CT molecular complexity index is 4370. The lowest BCUT2D eigenvalue weighted by Gasteiger charge is -2.20. The van der Waals surface area contributed by atoms with Gasteiger partial charge in [0.15, 0.2) is 0 Å². The van der Waals surface area contributed by atoms with Crippen molar-refractivity contribution in [2.24, 2.45) is 0 Å². The van der Waals surface area contributed by atoms with Gasteiger partial charge in [-0.3, -0.25) is 13.7 Å². The summed E-state index contributed by atoms with van der Waals surface area (Å²) in [5.74, 6) is 2.31. The number of fused-ring (bicyclic) bond motifs is 10. The first-order valence-electron chi connectivity index (χ1n) is 25.7. The van der Waals surface area contributed by atoms with Crippen molar-refractivity contribution in [3.05, 3.63) is 261 Å². The van der Waals surface area contributed by atoms with Crippen LogP contribution in [0.3, 0.4) is 0 Å². The number of imidazole rings is 1. The predicted molar refractivity (Wildman–Crippen MR) is 307 cm³/mol. The number of benzene rings is 10. The van der Waals surface area contributed by atoms with Crippen LogP contribution in [0.25, 0.3) is 117 Å². The van der Waals surface area contributed by atoms with Crippen molar-refractivity contribution in [2.75, 3.05) is 0 Å². The van der Waals surface area contributed by atoms with E-state index in [-0.39, 0.29) is 5.41 Å². The van der Waals surface area contributed by atoms with E-state index in [2.05, 4.69) is 277 Å². The molecule has 0 atom stereocenters. The topological polar surface area (TPSA) is 35.9 Å². The van der Waals surface area contributed by atoms with Crippen molar-refractivity contribution >= 4 is 32.8 Å². The van der Waals surface area contributed by atoms with Gasteiger partial charge in [0, 0.05) is 23.0 Å². The number of ether oxygens (including phenoxy) is 1. The first kappa shape index (κ1) is 44.1. The van der Waals surface area contributed by atoms with Gasteiger partial charge in [-0.25, -0.2) is 4.98 Å². The molecule has 1 aliphatic heterocycles. The zero-order valence-electron chi connectivity index (χ0n) is 41.9. The molecule has 0 fully saturated rings. The van der Waals surface area contributed by atoms with E-state index < -0.39 is 0 Å². The molecule has 4 heterocycles. The van der Waals surface area contributed by atoms with Crippen LogP contribution in [0.15, 0.2) is 249 Å². The molecule has 0 amide bonds. The van der Waals surface area contributed by atoms with Crippen molar-refractivity contribution in [3.63, 3.8) is 0 Å². The number of aromatic nitrogens is 4. The highest BCUT2D eigenvalue weighted by molar-refractivity contribution is 6.10. The molecule has 13 aromatic rings. The van der Waals surface area contributed by atoms with Gasteiger partial charge in [0.2, 0.25) is 0 Å². The van der Waals surface area contributed by atoms with Gasteiger partial charge < -0.3 is 4.74 Å². The Morgan fingerprint density at radius 1 is 0.427 bits per heavy atom. The average molecular weight is 963 g/mol. The van der Waals surface area contributed by atoms with Crippen LogP contribution in [-0.4, -0.2) is 14.1 Å². The van der Waals surface area contributed by atoms with Crippen molar-refractivity contribution in [2.45, 2.75) is 26.2 Å². The smallest absolute Gasteiger partial charge is 0.269 e. The molecule has 5 heteroatoms. The third kappa shape index (κ3) is 7.38. The number of rotatable bonds is 7. The van der Waals surface area contributed by atoms with E-state index in [1.165, 1.54) is 22.1 Å². The molecule has 0 bridgehead atoms. The van der Waals surface area contributed by atoms with Gasteiger partial charge in [0.05, 0.1) is 33.4 Å². The fourth-order valence-electron chi connectivity index (χ4n) is 11.5. The molecule has 0 saturated heterocycles. The van der Waals surface area contributed by atoms with Gasteiger partial charge in [0.25, 0.3) is 6.33 Å². The van der Waals surface area contributed by atoms with Gasteiger partial charge in [-0.15, -0.1) is 0 Å². The Kier molecular flexibility index (Phi) is 10.3. The fraction of sp³-hybridized carbons (Fsp3) is 0.0571. The van der Waals surface area contributed by atoms with E-state index in [4.69, 9.17) is 9.72 Å². The third-order valence-electron chi connectivity index (χ3n) is 15.0. The van der Waals surface area contributed by atoms with Gasteiger partial charge >= 0.3 is 0 Å². The number of nitrogens with zero attached hydrogens (tertiary/aromatic N) is 4. The predicted octanol–water partition coefficient (Wildman–Crippen LogP) is 17.6. The Labute approximate surface area is 436 Å². The third-order valence-corrected chi connectivity index (χ3v) is 15.0. The molecule has 0 aliphatic carbocycles. The summed E-state index contributed by atoms with van der Waals surface area (Å²) >= 11 is 0. The van der Waals surface area contributed by atoms with Gasteiger partial charge in [-0.1, -0.05) is 209 Å². The first-order valence-corrected chi connectivity index (χ1v) is 25.7. The highest BCUT2D eigenvalue weighted by Crippen LogP contribution is 2.48. The van der Waals surface area contributed by atoms with E-state index in [1.807, 2.05) is 12.3 Å². The molecule has 75 heavy (non-hydrogen) atoms. The molecule has 10 aromatic carbocycles. The average Bonchev–Trinajstić information content (AvgIpc) is 4.05. The summed E-state index contributed by atoms with van der Waals surface area (Å²) in [6.07, 6.45) is 6.00. The number of hydrogen-bond donors (Lipinski definition) is 0. The maximum Gasteiger partial charge on any atom is 0.269 e. The number of pyridine rings is 1. The normalized spacial score (nSPS) is 11.9. The summed E-state index contributed by atoms with van der Waals surface area (Å²) in [6.45, 7) is 6.73. The van der Waals surface area contributed by atoms with E-state index >= 15 is 0 Å². The number of para-hydroxylation sites is 2. The quantitative estimate of drug-likeness (QED) is 0.118. The second kappa shape index (κ2) is 17.6. The zero-order valence-corrected chi connectivity index (χ0v) is 41.9. The lowest BCUT2D eigenvalue weighted by atomic mass is 9.87. The van der Waals surface area contributed by atoms with Crippen LogP contribution in [0.5, 0.6) is 11.5 Å². The molecule has 0 N–H and O–H groups in total. The molecular weight excluding hydrogens is 913 g/mol. The van der Waals surface area contributed by atoms with Crippen molar-refractivity contribution in [1.29, 1.82) is 0 Å². The van der Waals surface area contributed by atoms with Crippen molar-refractivity contribution in [3.8, 4) is 95.5 Å². The minimum Gasteiger partial charge on any atom is -0.458 e. The van der Waals surface area contributed by atoms with E-state index in [9.17, 15) is 0 Å². The minimum absolute atomic E-state index is 0.0376. The maximum atomic E-state index is 6.99. The Hall–Kier alpha value is -9.58. The minimum atomic E-state index is -0.0376. The SMILES string of the molecule is CC(C)(C)c1ccnc(-n2c3ccccc3c3ccc(Oc4cccc(-n5[c-][n+]6c7c(ccc(-c8ccccc8-c8ccccc8)c75)-c5ccccc5-c5ccccc5-c5cccc(-c7ccccc7)c5-6)c4)cc32)c1. The number of hydrogen-bond acceptors (Lipinski definition) is 2. The molecule has 0 unspecified atom stereocenters. The summed E-state index contributed by atoms with van der Waals surface area (Å²) in [6, 6.07) is 87.1. The second-order valence-electron chi connectivity index (χ2n) is 20.5. The molecular formula is C70H50N4O. The monoisotopic (exact) mass is 962 g/mol. The molecule has 0 saturated carbocycles.